The zero-order valence-electron chi connectivity index (χ0n) is 13.8. The third kappa shape index (κ3) is 5.21. The Labute approximate surface area is 137 Å². The van der Waals surface area contributed by atoms with Crippen molar-refractivity contribution in [3.8, 4) is 0 Å². The maximum absolute atomic E-state index is 12.3. The lowest BCUT2D eigenvalue weighted by Crippen LogP contribution is -2.29. The molecule has 122 valence electrons. The van der Waals surface area contributed by atoms with E-state index < -0.39 is 0 Å². The van der Waals surface area contributed by atoms with E-state index in [1.165, 1.54) is 0 Å². The van der Waals surface area contributed by atoms with Crippen molar-refractivity contribution in [3.05, 3.63) is 59.3 Å². The Bertz CT molecular complexity index is 656. The number of nitrogens with two attached hydrogens (primary N) is 1. The van der Waals surface area contributed by atoms with Gasteiger partial charge in [-0.15, -0.1) is 0 Å². The minimum Gasteiger partial charge on any atom is -0.384 e. The number of likely N-dealkylation sites (N-methyl/N-ethyl adjacent to an activating group) is 1. The first-order valence-corrected chi connectivity index (χ1v) is 7.63. The van der Waals surface area contributed by atoms with Crippen molar-refractivity contribution >= 4 is 18.0 Å². The number of hydrogen-bond acceptors (Lipinski definition) is 4. The number of carbonyl (C=O) groups excluding carboxylic acids is 2. The van der Waals surface area contributed by atoms with E-state index in [4.69, 9.17) is 5.73 Å². The Hall–Kier alpha value is -2.69. The molecule has 1 aromatic heterocycles. The van der Waals surface area contributed by atoms with E-state index in [2.05, 4.69) is 4.98 Å². The quantitative estimate of drug-likeness (QED) is 0.861. The van der Waals surface area contributed by atoms with Gasteiger partial charge in [0.15, 0.2) is 6.29 Å². The molecule has 0 fully saturated rings. The van der Waals surface area contributed by atoms with Gasteiger partial charge in [0.05, 0.1) is 5.56 Å². The Kier molecular flexibility index (Phi) is 7.47. The smallest absolute Gasteiger partial charge is 0.254 e. The van der Waals surface area contributed by atoms with E-state index in [9.17, 15) is 9.59 Å². The van der Waals surface area contributed by atoms with Crippen molar-refractivity contribution in [3.63, 3.8) is 0 Å². The molecule has 2 aromatic rings. The van der Waals surface area contributed by atoms with E-state index >= 15 is 0 Å². The molecule has 2 N–H and O–H groups in total. The van der Waals surface area contributed by atoms with Crippen LogP contribution in [0.5, 0.6) is 0 Å². The number of aldehydes is 1. The Morgan fingerprint density at radius 1 is 1.17 bits per heavy atom. The maximum Gasteiger partial charge on any atom is 0.254 e. The van der Waals surface area contributed by atoms with Crippen LogP contribution in [0.25, 0.3) is 0 Å². The number of nitrogens with zero attached hydrogens (tertiary/aromatic N) is 2. The van der Waals surface area contributed by atoms with Crippen molar-refractivity contribution in [2.45, 2.75) is 20.3 Å². The lowest BCUT2D eigenvalue weighted by Gasteiger charge is -2.17. The van der Waals surface area contributed by atoms with Crippen molar-refractivity contribution in [1.82, 2.24) is 9.88 Å². The molecule has 0 aliphatic rings. The fourth-order valence-electron chi connectivity index (χ4n) is 2.02. The molecule has 0 atom stereocenters. The number of benzene rings is 1. The molecular weight excluding hydrogens is 290 g/mol. The first kappa shape index (κ1) is 18.4. The normalized spacial score (nSPS) is 9.52. The van der Waals surface area contributed by atoms with Crippen LogP contribution in [0.3, 0.4) is 0 Å². The van der Waals surface area contributed by atoms with Gasteiger partial charge < -0.3 is 10.6 Å². The monoisotopic (exact) mass is 313 g/mol. The van der Waals surface area contributed by atoms with Gasteiger partial charge in [-0.25, -0.2) is 4.98 Å². The largest absolute Gasteiger partial charge is 0.384 e. The average Bonchev–Trinajstić information content (AvgIpc) is 2.60. The van der Waals surface area contributed by atoms with E-state index in [1.54, 1.807) is 42.3 Å². The maximum atomic E-state index is 12.3. The molecule has 23 heavy (non-hydrogen) atoms. The van der Waals surface area contributed by atoms with Crippen LogP contribution in [0, 0.1) is 0 Å². The number of amides is 1. The molecule has 1 amide bonds. The van der Waals surface area contributed by atoms with Crippen LogP contribution in [0.1, 0.15) is 40.3 Å². The second kappa shape index (κ2) is 9.35. The highest BCUT2D eigenvalue weighted by Crippen LogP contribution is 2.10. The van der Waals surface area contributed by atoms with Gasteiger partial charge in [-0.1, -0.05) is 38.1 Å². The summed E-state index contributed by atoms with van der Waals surface area (Å²) in [6, 6.07) is 12.2. The number of aromatic nitrogens is 1. The zero-order valence-corrected chi connectivity index (χ0v) is 13.8. The van der Waals surface area contributed by atoms with E-state index in [1.807, 2.05) is 26.0 Å². The van der Waals surface area contributed by atoms with Crippen molar-refractivity contribution in [1.29, 1.82) is 0 Å². The number of hydrogen-bond donors (Lipinski definition) is 1. The molecule has 5 heteroatoms. The van der Waals surface area contributed by atoms with Crippen LogP contribution in [-0.2, 0) is 6.42 Å². The average molecular weight is 313 g/mol. The van der Waals surface area contributed by atoms with Crippen molar-refractivity contribution in [2.75, 3.05) is 19.3 Å². The van der Waals surface area contributed by atoms with Crippen LogP contribution >= 0.6 is 0 Å². The molecule has 2 rings (SSSR count). The fourth-order valence-corrected chi connectivity index (χ4v) is 2.02. The minimum atomic E-state index is -0.179. The summed E-state index contributed by atoms with van der Waals surface area (Å²) in [6.07, 6.45) is 1.30. The Balaban J connectivity index is 0.00000127. The highest BCUT2D eigenvalue weighted by molar-refractivity contribution is 6.01. The predicted octanol–water partition coefficient (Wildman–Crippen LogP) is 2.82. The van der Waals surface area contributed by atoms with Gasteiger partial charge >= 0.3 is 0 Å². The first-order chi connectivity index (χ1) is 11.1. The fraction of sp³-hybridized carbons (Fsp3) is 0.278. The highest BCUT2D eigenvalue weighted by Gasteiger charge is 2.15. The van der Waals surface area contributed by atoms with E-state index in [0.29, 0.717) is 36.2 Å². The minimum absolute atomic E-state index is 0.179. The molecule has 0 bridgehead atoms. The lowest BCUT2D eigenvalue weighted by atomic mass is 10.1. The predicted molar refractivity (Wildman–Crippen MR) is 92.5 cm³/mol. The highest BCUT2D eigenvalue weighted by atomic mass is 16.2. The number of rotatable bonds is 5. The van der Waals surface area contributed by atoms with E-state index in [-0.39, 0.29) is 5.91 Å². The first-order valence-electron chi connectivity index (χ1n) is 7.63. The molecule has 0 saturated carbocycles. The van der Waals surface area contributed by atoms with Gasteiger partial charge in [-0.3, -0.25) is 9.59 Å². The van der Waals surface area contributed by atoms with Crippen LogP contribution in [-0.4, -0.2) is 35.7 Å². The topological polar surface area (TPSA) is 76.3 Å². The van der Waals surface area contributed by atoms with Gasteiger partial charge in [0.1, 0.15) is 5.82 Å². The molecular formula is C18H23N3O2. The molecule has 0 unspecified atom stereocenters. The van der Waals surface area contributed by atoms with Crippen LogP contribution in [0.2, 0.25) is 0 Å². The summed E-state index contributed by atoms with van der Waals surface area (Å²) < 4.78 is 0. The Morgan fingerprint density at radius 2 is 1.87 bits per heavy atom. The molecule has 1 aromatic carbocycles. The zero-order chi connectivity index (χ0) is 17.2. The van der Waals surface area contributed by atoms with Crippen LogP contribution in [0.15, 0.2) is 42.5 Å². The van der Waals surface area contributed by atoms with Gasteiger partial charge in [-0.05, 0) is 18.2 Å². The third-order valence-corrected chi connectivity index (χ3v) is 3.20. The summed E-state index contributed by atoms with van der Waals surface area (Å²) in [6.45, 7) is 4.50. The van der Waals surface area contributed by atoms with Crippen LogP contribution < -0.4 is 5.73 Å². The molecule has 0 saturated heterocycles. The number of anilines is 1. The summed E-state index contributed by atoms with van der Waals surface area (Å²) in [5, 5.41) is 0. The SMILES string of the molecule is CC.CN(CCc1cccc(N)n1)C(=O)c1ccccc1C=O. The molecule has 5 nitrogen and oxygen atoms in total. The molecule has 0 spiro atoms. The number of nitrogen functional groups attached to an aromatic ring is 1. The number of pyridine rings is 1. The second-order valence-electron chi connectivity index (χ2n) is 4.74. The van der Waals surface area contributed by atoms with Gasteiger partial charge in [0.25, 0.3) is 5.91 Å². The third-order valence-electron chi connectivity index (χ3n) is 3.20. The van der Waals surface area contributed by atoms with E-state index in [0.717, 1.165) is 5.69 Å². The molecule has 1 heterocycles. The van der Waals surface area contributed by atoms with Crippen LogP contribution in [0.4, 0.5) is 5.82 Å². The molecule has 0 radical (unpaired) electrons. The summed E-state index contributed by atoms with van der Waals surface area (Å²) in [4.78, 5) is 29.1. The lowest BCUT2D eigenvalue weighted by molar-refractivity contribution is 0.0793. The van der Waals surface area contributed by atoms with Gasteiger partial charge in [0.2, 0.25) is 0 Å². The molecule has 0 aliphatic heterocycles. The summed E-state index contributed by atoms with van der Waals surface area (Å²) >= 11 is 0. The summed E-state index contributed by atoms with van der Waals surface area (Å²) in [7, 11) is 1.70. The van der Waals surface area contributed by atoms with Crippen molar-refractivity contribution in [2.24, 2.45) is 0 Å². The second-order valence-corrected chi connectivity index (χ2v) is 4.74. The van der Waals surface area contributed by atoms with Crippen molar-refractivity contribution < 1.29 is 9.59 Å². The number of carbonyl (C=O) groups is 2. The summed E-state index contributed by atoms with van der Waals surface area (Å²) in [5.74, 6) is 0.286. The van der Waals surface area contributed by atoms with Gasteiger partial charge in [-0.2, -0.15) is 0 Å². The Morgan fingerprint density at radius 3 is 2.52 bits per heavy atom. The standard InChI is InChI=1S/C16H17N3O2.C2H6/c1-19(10-9-13-6-4-8-15(17)18-13)16(21)14-7-3-2-5-12(14)11-20;1-2/h2-8,11H,9-10H2,1H3,(H2,17,18);1-2H3. The molecule has 0 aliphatic carbocycles. The summed E-state index contributed by atoms with van der Waals surface area (Å²) in [5.41, 5.74) is 7.27. The van der Waals surface area contributed by atoms with Gasteiger partial charge in [0, 0.05) is 31.3 Å².